The minimum absolute atomic E-state index is 0.639. The highest BCUT2D eigenvalue weighted by molar-refractivity contribution is 6.10. The molecule has 2 aromatic heterocycles. The number of fused-ring (bicyclic) bond motifs is 3. The normalized spacial score (nSPS) is 11.1. The van der Waals surface area contributed by atoms with Gasteiger partial charge in [-0.3, -0.25) is 0 Å². The minimum Gasteiger partial charge on any atom is -0.309 e. The zero-order valence-electron chi connectivity index (χ0n) is 27.7. The number of nitriles is 1. The number of para-hydroxylation sites is 1. The fourth-order valence-electron chi connectivity index (χ4n) is 7.08. The van der Waals surface area contributed by atoms with Crippen LogP contribution in [0.15, 0.2) is 188 Å². The molecule has 9 aromatic rings. The van der Waals surface area contributed by atoms with Crippen molar-refractivity contribution in [2.75, 3.05) is 0 Å². The van der Waals surface area contributed by atoms with Crippen LogP contribution in [0.5, 0.6) is 0 Å². The summed E-state index contributed by atoms with van der Waals surface area (Å²) in [5, 5.41) is 12.0. The number of benzene rings is 7. The Kier molecular flexibility index (Phi) is 7.54. The molecule has 2 heterocycles. The predicted octanol–water partition coefficient (Wildman–Crippen LogP) is 12.4. The molecule has 51 heavy (non-hydrogen) atoms. The monoisotopic (exact) mass is 649 g/mol. The summed E-state index contributed by atoms with van der Waals surface area (Å²) >= 11 is 0. The Morgan fingerprint density at radius 3 is 1.49 bits per heavy atom. The van der Waals surface area contributed by atoms with Gasteiger partial charge in [0.05, 0.1) is 34.1 Å². The van der Waals surface area contributed by atoms with Gasteiger partial charge in [0.25, 0.3) is 0 Å². The highest BCUT2D eigenvalue weighted by atomic mass is 15.0. The van der Waals surface area contributed by atoms with E-state index in [4.69, 9.17) is 4.98 Å². The standard InChI is InChI=1S/C48H31N3/c49-32-33-20-22-35(23-21-33)39-26-40(41-29-45(36-14-6-2-7-15-36)50-46(30-41)37-16-8-3-9-17-37)28-42(27-39)51-47-19-11-10-18-43(47)44-25-24-38(31-48(44)51)34-12-4-1-5-13-34/h1-31H. The molecule has 0 aliphatic heterocycles. The summed E-state index contributed by atoms with van der Waals surface area (Å²) in [7, 11) is 0. The molecule has 3 nitrogen and oxygen atoms in total. The van der Waals surface area contributed by atoms with Crippen LogP contribution in [0, 0.1) is 11.3 Å². The van der Waals surface area contributed by atoms with Crippen LogP contribution >= 0.6 is 0 Å². The molecule has 0 aliphatic rings. The molecule has 0 atom stereocenters. The van der Waals surface area contributed by atoms with Crippen LogP contribution < -0.4 is 0 Å². The second-order valence-electron chi connectivity index (χ2n) is 12.8. The Morgan fingerprint density at radius 2 is 0.863 bits per heavy atom. The molecule has 9 rings (SSSR count). The maximum absolute atomic E-state index is 9.55. The first kappa shape index (κ1) is 30.1. The minimum atomic E-state index is 0.639. The molecule has 0 unspecified atom stereocenters. The molecule has 0 radical (unpaired) electrons. The number of nitrogens with zero attached hydrogens (tertiary/aromatic N) is 3. The van der Waals surface area contributed by atoms with E-state index in [1.165, 1.54) is 21.9 Å². The van der Waals surface area contributed by atoms with Gasteiger partial charge in [0.1, 0.15) is 0 Å². The quantitative estimate of drug-likeness (QED) is 0.180. The molecule has 3 heteroatoms. The van der Waals surface area contributed by atoms with Crippen LogP contribution in [0.1, 0.15) is 5.56 Å². The van der Waals surface area contributed by atoms with E-state index in [0.29, 0.717) is 5.56 Å². The first-order chi connectivity index (χ1) is 25.2. The molecule has 0 amide bonds. The average Bonchev–Trinajstić information content (AvgIpc) is 3.55. The van der Waals surface area contributed by atoms with Crippen molar-refractivity contribution in [3.63, 3.8) is 0 Å². The van der Waals surface area contributed by atoms with Gasteiger partial charge in [-0.2, -0.15) is 5.26 Å². The highest BCUT2D eigenvalue weighted by Gasteiger charge is 2.17. The third kappa shape index (κ3) is 5.65. The van der Waals surface area contributed by atoms with Crippen molar-refractivity contribution in [3.8, 4) is 67.7 Å². The second-order valence-corrected chi connectivity index (χ2v) is 12.8. The van der Waals surface area contributed by atoms with Gasteiger partial charge in [-0.15, -0.1) is 0 Å². The Morgan fingerprint density at radius 1 is 0.373 bits per heavy atom. The van der Waals surface area contributed by atoms with Crippen molar-refractivity contribution in [3.05, 3.63) is 194 Å². The van der Waals surface area contributed by atoms with Gasteiger partial charge in [0.15, 0.2) is 0 Å². The molecule has 0 saturated carbocycles. The van der Waals surface area contributed by atoms with Crippen LogP contribution in [0.3, 0.4) is 0 Å². The molecule has 0 spiro atoms. The lowest BCUT2D eigenvalue weighted by atomic mass is 9.95. The lowest BCUT2D eigenvalue weighted by Gasteiger charge is -2.16. The third-order valence-corrected chi connectivity index (χ3v) is 9.60. The van der Waals surface area contributed by atoms with Crippen LogP contribution in [-0.4, -0.2) is 9.55 Å². The summed E-state index contributed by atoms with van der Waals surface area (Å²) in [6, 6.07) is 68.1. The Hall–Kier alpha value is -7.02. The fourth-order valence-corrected chi connectivity index (χ4v) is 7.08. The van der Waals surface area contributed by atoms with Gasteiger partial charge in [-0.1, -0.05) is 133 Å². The smallest absolute Gasteiger partial charge is 0.0991 e. The number of hydrogen-bond donors (Lipinski definition) is 0. The van der Waals surface area contributed by atoms with Gasteiger partial charge < -0.3 is 4.57 Å². The highest BCUT2D eigenvalue weighted by Crippen LogP contribution is 2.39. The molecule has 0 N–H and O–H groups in total. The Balaban J connectivity index is 1.33. The van der Waals surface area contributed by atoms with Crippen molar-refractivity contribution >= 4 is 21.8 Å². The molecule has 0 bridgehead atoms. The van der Waals surface area contributed by atoms with E-state index in [1.807, 2.05) is 36.4 Å². The maximum Gasteiger partial charge on any atom is 0.0991 e. The number of rotatable bonds is 6. The molecule has 0 saturated heterocycles. The predicted molar refractivity (Wildman–Crippen MR) is 210 cm³/mol. The summed E-state index contributed by atoms with van der Waals surface area (Å²) in [4.78, 5) is 5.16. The Bertz CT molecular complexity index is 2660. The largest absolute Gasteiger partial charge is 0.309 e. The van der Waals surface area contributed by atoms with E-state index in [1.54, 1.807) is 0 Å². The van der Waals surface area contributed by atoms with Crippen molar-refractivity contribution in [2.24, 2.45) is 0 Å². The topological polar surface area (TPSA) is 41.6 Å². The molecule has 238 valence electrons. The van der Waals surface area contributed by atoms with Crippen LogP contribution in [0.4, 0.5) is 0 Å². The number of aromatic nitrogens is 2. The van der Waals surface area contributed by atoms with Gasteiger partial charge >= 0.3 is 0 Å². The summed E-state index contributed by atoms with van der Waals surface area (Å²) in [6.07, 6.45) is 0. The summed E-state index contributed by atoms with van der Waals surface area (Å²) in [5.41, 5.74) is 14.6. The fraction of sp³-hybridized carbons (Fsp3) is 0. The van der Waals surface area contributed by atoms with Gasteiger partial charge in [0, 0.05) is 27.6 Å². The van der Waals surface area contributed by atoms with Crippen LogP contribution in [-0.2, 0) is 0 Å². The molecule has 0 aliphatic carbocycles. The maximum atomic E-state index is 9.55. The first-order valence-electron chi connectivity index (χ1n) is 17.1. The van der Waals surface area contributed by atoms with Crippen molar-refractivity contribution < 1.29 is 0 Å². The lowest BCUT2D eigenvalue weighted by Crippen LogP contribution is -1.97. The zero-order chi connectivity index (χ0) is 34.1. The molecule has 7 aromatic carbocycles. The average molecular weight is 650 g/mol. The van der Waals surface area contributed by atoms with E-state index in [0.717, 1.165) is 61.5 Å². The Labute approximate surface area is 297 Å². The molecular weight excluding hydrogens is 619 g/mol. The van der Waals surface area contributed by atoms with Crippen LogP contribution in [0.25, 0.3) is 83.4 Å². The summed E-state index contributed by atoms with van der Waals surface area (Å²) in [6.45, 7) is 0. The summed E-state index contributed by atoms with van der Waals surface area (Å²) < 4.78 is 2.39. The number of pyridine rings is 1. The molecular formula is C48H31N3. The van der Waals surface area contributed by atoms with E-state index in [9.17, 15) is 5.26 Å². The van der Waals surface area contributed by atoms with E-state index in [2.05, 4.69) is 162 Å². The number of hydrogen-bond acceptors (Lipinski definition) is 2. The van der Waals surface area contributed by atoms with E-state index < -0.39 is 0 Å². The molecule has 0 fully saturated rings. The van der Waals surface area contributed by atoms with E-state index in [-0.39, 0.29) is 0 Å². The zero-order valence-corrected chi connectivity index (χ0v) is 27.7. The van der Waals surface area contributed by atoms with E-state index >= 15 is 0 Å². The SMILES string of the molecule is N#Cc1ccc(-c2cc(-c3cc(-c4ccccc4)nc(-c4ccccc4)c3)cc(-n3c4ccccc4c4ccc(-c5ccccc5)cc43)c2)cc1. The van der Waals surface area contributed by atoms with Crippen LogP contribution in [0.2, 0.25) is 0 Å². The summed E-state index contributed by atoms with van der Waals surface area (Å²) in [5.74, 6) is 0. The van der Waals surface area contributed by atoms with Gasteiger partial charge in [-0.25, -0.2) is 4.98 Å². The first-order valence-corrected chi connectivity index (χ1v) is 17.1. The lowest BCUT2D eigenvalue weighted by molar-refractivity contribution is 1.18. The second kappa shape index (κ2) is 12.8. The van der Waals surface area contributed by atoms with Gasteiger partial charge in [0.2, 0.25) is 0 Å². The van der Waals surface area contributed by atoms with Crippen molar-refractivity contribution in [1.82, 2.24) is 9.55 Å². The van der Waals surface area contributed by atoms with Gasteiger partial charge in [-0.05, 0) is 88.0 Å². The third-order valence-electron chi connectivity index (χ3n) is 9.60. The van der Waals surface area contributed by atoms with Crippen molar-refractivity contribution in [1.29, 1.82) is 5.26 Å². The van der Waals surface area contributed by atoms with Crippen molar-refractivity contribution in [2.45, 2.75) is 0 Å².